The average Bonchev–Trinajstić information content (AvgIpc) is 2.70. The number of anilines is 1. The molecule has 0 aliphatic carbocycles. The number of benzene rings is 2. The van der Waals surface area contributed by atoms with Crippen LogP contribution >= 0.6 is 0 Å². The molecule has 0 saturated carbocycles. The number of nitrogens with zero attached hydrogens (tertiary/aromatic N) is 1. The van der Waals surface area contributed by atoms with Gasteiger partial charge >= 0.3 is 0 Å². The van der Waals surface area contributed by atoms with E-state index in [0.717, 1.165) is 36.1 Å². The van der Waals surface area contributed by atoms with Crippen molar-refractivity contribution in [2.75, 3.05) is 32.3 Å². The first-order valence-electron chi connectivity index (χ1n) is 8.39. The van der Waals surface area contributed by atoms with Gasteiger partial charge in [-0.05, 0) is 54.8 Å². The molecule has 1 amide bonds. The average molecular weight is 355 g/mol. The van der Waals surface area contributed by atoms with Crippen LogP contribution in [-0.2, 0) is 11.2 Å². The van der Waals surface area contributed by atoms with Crippen molar-refractivity contribution in [3.8, 4) is 17.2 Å². The smallest absolute Gasteiger partial charge is 0.264 e. The largest absolute Gasteiger partial charge is 0.497 e. The second kappa shape index (κ2) is 7.91. The molecule has 0 fully saturated rings. The molecular formula is C20H21NO5. The van der Waals surface area contributed by atoms with Crippen LogP contribution in [0.25, 0.3) is 0 Å². The summed E-state index contributed by atoms with van der Waals surface area (Å²) in [6.07, 6.45) is 2.52. The third-order valence-corrected chi connectivity index (χ3v) is 4.38. The van der Waals surface area contributed by atoms with E-state index in [2.05, 4.69) is 0 Å². The molecule has 0 bridgehead atoms. The monoisotopic (exact) mass is 355 g/mol. The van der Waals surface area contributed by atoms with Crippen LogP contribution in [0.4, 0.5) is 5.69 Å². The van der Waals surface area contributed by atoms with Gasteiger partial charge in [-0.25, -0.2) is 0 Å². The third-order valence-electron chi connectivity index (χ3n) is 4.38. The van der Waals surface area contributed by atoms with Gasteiger partial charge in [0.25, 0.3) is 5.91 Å². The maximum Gasteiger partial charge on any atom is 0.264 e. The Balaban J connectivity index is 1.75. The summed E-state index contributed by atoms with van der Waals surface area (Å²) in [5.41, 5.74) is 2.44. The van der Waals surface area contributed by atoms with Gasteiger partial charge in [-0.2, -0.15) is 0 Å². The Morgan fingerprint density at radius 1 is 1.12 bits per heavy atom. The Labute approximate surface area is 152 Å². The maximum absolute atomic E-state index is 12.7. The van der Waals surface area contributed by atoms with E-state index >= 15 is 0 Å². The van der Waals surface area contributed by atoms with Crippen molar-refractivity contribution in [3.05, 3.63) is 47.5 Å². The highest BCUT2D eigenvalue weighted by molar-refractivity contribution is 5.95. The highest BCUT2D eigenvalue weighted by Gasteiger charge is 2.23. The van der Waals surface area contributed by atoms with Crippen LogP contribution in [0.3, 0.4) is 0 Å². The molecule has 6 heteroatoms. The summed E-state index contributed by atoms with van der Waals surface area (Å²) in [4.78, 5) is 25.4. The van der Waals surface area contributed by atoms with Gasteiger partial charge in [0.05, 0.1) is 14.2 Å². The molecule has 2 aromatic carbocycles. The van der Waals surface area contributed by atoms with Crippen LogP contribution in [0.15, 0.2) is 36.4 Å². The number of hydrogen-bond acceptors (Lipinski definition) is 5. The van der Waals surface area contributed by atoms with Gasteiger partial charge in [0.1, 0.15) is 12.0 Å². The van der Waals surface area contributed by atoms with Crippen LogP contribution < -0.4 is 19.1 Å². The Hall–Kier alpha value is -3.02. The number of carbonyl (C=O) groups is 2. The van der Waals surface area contributed by atoms with Crippen LogP contribution in [-0.4, -0.2) is 39.6 Å². The number of carbonyl (C=O) groups excluding carboxylic acids is 2. The third kappa shape index (κ3) is 3.64. The lowest BCUT2D eigenvalue weighted by atomic mass is 10.0. The molecular weight excluding hydrogens is 334 g/mol. The standard InChI is InChI=1S/C20H21NO5/c1-24-16-6-7-17-15(11-16)4-3-9-21(17)20(23)13-26-19-10-14(12-22)5-8-18(19)25-2/h5-8,10-12H,3-4,9,13H2,1-2H3. The Morgan fingerprint density at radius 2 is 1.96 bits per heavy atom. The lowest BCUT2D eigenvalue weighted by Crippen LogP contribution is -2.38. The summed E-state index contributed by atoms with van der Waals surface area (Å²) >= 11 is 0. The van der Waals surface area contributed by atoms with E-state index in [-0.39, 0.29) is 12.5 Å². The molecule has 0 radical (unpaired) electrons. The molecule has 6 nitrogen and oxygen atoms in total. The van der Waals surface area contributed by atoms with E-state index in [9.17, 15) is 9.59 Å². The first-order valence-corrected chi connectivity index (χ1v) is 8.39. The van der Waals surface area contributed by atoms with Crippen molar-refractivity contribution in [2.24, 2.45) is 0 Å². The summed E-state index contributed by atoms with van der Waals surface area (Å²) < 4.78 is 16.1. The molecule has 0 aromatic heterocycles. The van der Waals surface area contributed by atoms with Crippen molar-refractivity contribution in [2.45, 2.75) is 12.8 Å². The summed E-state index contributed by atoms with van der Waals surface area (Å²) in [7, 11) is 3.14. The summed E-state index contributed by atoms with van der Waals surface area (Å²) in [6, 6.07) is 10.6. The number of fused-ring (bicyclic) bond motifs is 1. The molecule has 0 spiro atoms. The van der Waals surface area contributed by atoms with E-state index in [0.29, 0.717) is 23.6 Å². The van der Waals surface area contributed by atoms with Crippen LogP contribution in [0.5, 0.6) is 17.2 Å². The van der Waals surface area contributed by atoms with Crippen molar-refractivity contribution < 1.29 is 23.8 Å². The summed E-state index contributed by atoms with van der Waals surface area (Å²) in [5.74, 6) is 1.49. The number of amides is 1. The van der Waals surface area contributed by atoms with Gasteiger partial charge in [-0.15, -0.1) is 0 Å². The number of aldehydes is 1. The summed E-state index contributed by atoms with van der Waals surface area (Å²) in [6.45, 7) is 0.511. The molecule has 2 aromatic rings. The lowest BCUT2D eigenvalue weighted by molar-refractivity contribution is -0.120. The molecule has 0 atom stereocenters. The summed E-state index contributed by atoms with van der Waals surface area (Å²) in [5, 5.41) is 0. The van der Waals surface area contributed by atoms with Crippen LogP contribution in [0.1, 0.15) is 22.3 Å². The van der Waals surface area contributed by atoms with Crippen LogP contribution in [0, 0.1) is 0 Å². The molecule has 3 rings (SSSR count). The van der Waals surface area contributed by atoms with E-state index in [1.54, 1.807) is 30.2 Å². The molecule has 26 heavy (non-hydrogen) atoms. The second-order valence-corrected chi connectivity index (χ2v) is 5.96. The van der Waals surface area contributed by atoms with Gasteiger partial charge in [-0.1, -0.05) is 0 Å². The first-order chi connectivity index (χ1) is 12.7. The van der Waals surface area contributed by atoms with Gasteiger partial charge < -0.3 is 19.1 Å². The number of ether oxygens (including phenoxy) is 3. The Morgan fingerprint density at radius 3 is 2.69 bits per heavy atom. The van der Waals surface area contributed by atoms with Crippen molar-refractivity contribution in [1.82, 2.24) is 0 Å². The zero-order valence-electron chi connectivity index (χ0n) is 14.9. The topological polar surface area (TPSA) is 65.1 Å². The molecule has 136 valence electrons. The number of rotatable bonds is 6. The predicted molar refractivity (Wildman–Crippen MR) is 97.5 cm³/mol. The molecule has 1 aliphatic rings. The van der Waals surface area contributed by atoms with Gasteiger partial charge in [0, 0.05) is 17.8 Å². The predicted octanol–water partition coefficient (Wildman–Crippen LogP) is 2.87. The molecule has 1 heterocycles. The minimum absolute atomic E-state index is 0.135. The SMILES string of the molecule is COc1ccc2c(c1)CCCN2C(=O)COc1cc(C=O)ccc1OC. The normalized spacial score (nSPS) is 12.9. The van der Waals surface area contributed by atoms with E-state index < -0.39 is 0 Å². The van der Waals surface area contributed by atoms with Crippen LogP contribution in [0.2, 0.25) is 0 Å². The molecule has 0 saturated heterocycles. The second-order valence-electron chi connectivity index (χ2n) is 5.96. The zero-order chi connectivity index (χ0) is 18.5. The lowest BCUT2D eigenvalue weighted by Gasteiger charge is -2.29. The van der Waals surface area contributed by atoms with Crippen molar-refractivity contribution in [1.29, 1.82) is 0 Å². The molecule has 0 unspecified atom stereocenters. The van der Waals surface area contributed by atoms with Crippen molar-refractivity contribution in [3.63, 3.8) is 0 Å². The minimum Gasteiger partial charge on any atom is -0.497 e. The quantitative estimate of drug-likeness (QED) is 0.746. The van der Waals surface area contributed by atoms with Gasteiger partial charge in [0.2, 0.25) is 0 Å². The number of hydrogen-bond donors (Lipinski definition) is 0. The fourth-order valence-electron chi connectivity index (χ4n) is 3.06. The van der Waals surface area contributed by atoms with E-state index in [1.165, 1.54) is 7.11 Å². The van der Waals surface area contributed by atoms with E-state index in [4.69, 9.17) is 14.2 Å². The minimum atomic E-state index is -0.144. The number of aryl methyl sites for hydroxylation is 1. The van der Waals surface area contributed by atoms with Gasteiger partial charge in [0.15, 0.2) is 18.1 Å². The molecule has 1 aliphatic heterocycles. The fourth-order valence-corrected chi connectivity index (χ4v) is 3.06. The first kappa shape index (κ1) is 17.8. The molecule has 0 N–H and O–H groups in total. The maximum atomic E-state index is 12.7. The number of methoxy groups -OCH3 is 2. The Bertz CT molecular complexity index is 818. The Kier molecular flexibility index (Phi) is 5.41. The highest BCUT2D eigenvalue weighted by Crippen LogP contribution is 2.31. The zero-order valence-corrected chi connectivity index (χ0v) is 14.9. The highest BCUT2D eigenvalue weighted by atomic mass is 16.5. The van der Waals surface area contributed by atoms with Gasteiger partial charge in [-0.3, -0.25) is 9.59 Å². The van der Waals surface area contributed by atoms with E-state index in [1.807, 2.05) is 18.2 Å². The van der Waals surface area contributed by atoms with Crippen molar-refractivity contribution >= 4 is 17.9 Å². The fraction of sp³-hybridized carbons (Fsp3) is 0.300.